The van der Waals surface area contributed by atoms with Crippen molar-refractivity contribution in [2.75, 3.05) is 6.54 Å². The molecule has 25 heavy (non-hydrogen) atoms. The van der Waals surface area contributed by atoms with E-state index in [0.29, 0.717) is 5.56 Å². The Kier molecular flexibility index (Phi) is 5.89. The van der Waals surface area contributed by atoms with E-state index in [2.05, 4.69) is 4.72 Å². The summed E-state index contributed by atoms with van der Waals surface area (Å²) in [7, 11) is -3.66. The molecular weight excluding hydrogens is 342 g/mol. The minimum absolute atomic E-state index is 0.0121. The van der Waals surface area contributed by atoms with Gasteiger partial charge in [-0.05, 0) is 29.7 Å². The van der Waals surface area contributed by atoms with Gasteiger partial charge in [0.1, 0.15) is 5.84 Å². The number of carboxylic acids is 1. The number of nitrogen functional groups attached to an aromatic ring is 1. The van der Waals surface area contributed by atoms with Gasteiger partial charge in [0.25, 0.3) is 0 Å². The molecule has 8 heteroatoms. The van der Waals surface area contributed by atoms with Gasteiger partial charge in [0, 0.05) is 18.5 Å². The normalized spacial score (nSPS) is 11.2. The summed E-state index contributed by atoms with van der Waals surface area (Å²) in [5, 5.41) is 15.9. The summed E-state index contributed by atoms with van der Waals surface area (Å²) in [6.07, 6.45) is 0.146. The first-order valence-electron chi connectivity index (χ1n) is 7.56. The molecule has 132 valence electrons. The fraction of sp³-hybridized carbons (Fsp3) is 0.176. The molecule has 5 N–H and O–H groups in total. The number of hydrogen-bond donors (Lipinski definition) is 4. The van der Waals surface area contributed by atoms with Crippen LogP contribution in [-0.4, -0.2) is 31.9 Å². The standard InChI is InChI=1S/C17H19N3O4S/c18-17(19)14-5-3-12(4-6-14)13-7-9-15(10-8-13)25(23,24)20-11-1-2-16(21)22/h3-10,20H,1-2,11H2,(H3,18,19)(H,21,22). The summed E-state index contributed by atoms with van der Waals surface area (Å²) in [6, 6.07) is 13.4. The number of benzene rings is 2. The van der Waals surface area contributed by atoms with E-state index in [0.717, 1.165) is 11.1 Å². The molecule has 0 saturated carbocycles. The molecule has 0 radical (unpaired) electrons. The van der Waals surface area contributed by atoms with Crippen molar-refractivity contribution in [1.82, 2.24) is 4.72 Å². The molecule has 2 aromatic rings. The van der Waals surface area contributed by atoms with Crippen LogP contribution in [0, 0.1) is 5.41 Å². The third kappa shape index (κ3) is 5.13. The Morgan fingerprint density at radius 2 is 1.56 bits per heavy atom. The van der Waals surface area contributed by atoms with Crippen LogP contribution in [0.5, 0.6) is 0 Å². The number of aliphatic carboxylic acids is 1. The molecule has 0 aliphatic rings. The van der Waals surface area contributed by atoms with Crippen LogP contribution in [0.4, 0.5) is 0 Å². The van der Waals surface area contributed by atoms with Crippen molar-refractivity contribution in [3.63, 3.8) is 0 Å². The second-order valence-electron chi connectivity index (χ2n) is 5.41. The summed E-state index contributed by atoms with van der Waals surface area (Å²) in [5.41, 5.74) is 7.74. The number of carboxylic acid groups (broad SMARTS) is 1. The van der Waals surface area contributed by atoms with Crippen molar-refractivity contribution in [3.8, 4) is 11.1 Å². The molecule has 0 unspecified atom stereocenters. The molecule has 0 bridgehead atoms. The Balaban J connectivity index is 2.08. The highest BCUT2D eigenvalue weighted by molar-refractivity contribution is 7.89. The van der Waals surface area contributed by atoms with Crippen molar-refractivity contribution in [2.45, 2.75) is 17.7 Å². The maximum absolute atomic E-state index is 12.1. The molecule has 0 saturated heterocycles. The Bertz CT molecular complexity index is 860. The molecule has 0 heterocycles. The van der Waals surface area contributed by atoms with E-state index in [4.69, 9.17) is 16.2 Å². The summed E-state index contributed by atoms with van der Waals surface area (Å²) >= 11 is 0. The maximum Gasteiger partial charge on any atom is 0.303 e. The first-order valence-corrected chi connectivity index (χ1v) is 9.04. The lowest BCUT2D eigenvalue weighted by Crippen LogP contribution is -2.25. The lowest BCUT2D eigenvalue weighted by molar-refractivity contribution is -0.137. The molecule has 7 nitrogen and oxygen atoms in total. The van der Waals surface area contributed by atoms with E-state index >= 15 is 0 Å². The molecule has 0 spiro atoms. The van der Waals surface area contributed by atoms with Gasteiger partial charge in [0.2, 0.25) is 10.0 Å². The molecule has 0 fully saturated rings. The third-order valence-electron chi connectivity index (χ3n) is 3.55. The highest BCUT2D eigenvalue weighted by Gasteiger charge is 2.13. The van der Waals surface area contributed by atoms with Gasteiger partial charge < -0.3 is 10.8 Å². The first kappa shape index (κ1) is 18.6. The van der Waals surface area contributed by atoms with Gasteiger partial charge in [-0.3, -0.25) is 10.2 Å². The molecule has 2 aromatic carbocycles. The van der Waals surface area contributed by atoms with Crippen LogP contribution in [0.3, 0.4) is 0 Å². The summed E-state index contributed by atoms with van der Waals surface area (Å²) in [4.78, 5) is 10.5. The van der Waals surface area contributed by atoms with Crippen molar-refractivity contribution < 1.29 is 18.3 Å². The highest BCUT2D eigenvalue weighted by Crippen LogP contribution is 2.21. The number of amidine groups is 1. The van der Waals surface area contributed by atoms with Crippen LogP contribution in [-0.2, 0) is 14.8 Å². The molecule has 0 aliphatic carbocycles. The van der Waals surface area contributed by atoms with Crippen LogP contribution in [0.25, 0.3) is 11.1 Å². The van der Waals surface area contributed by atoms with Crippen LogP contribution in [0.2, 0.25) is 0 Å². The van der Waals surface area contributed by atoms with Crippen LogP contribution >= 0.6 is 0 Å². The zero-order chi connectivity index (χ0) is 18.4. The van der Waals surface area contributed by atoms with E-state index in [9.17, 15) is 13.2 Å². The fourth-order valence-corrected chi connectivity index (χ4v) is 3.27. The summed E-state index contributed by atoms with van der Waals surface area (Å²) in [5.74, 6) is -0.971. The topological polar surface area (TPSA) is 133 Å². The van der Waals surface area contributed by atoms with E-state index in [1.54, 1.807) is 24.3 Å². The smallest absolute Gasteiger partial charge is 0.303 e. The summed E-state index contributed by atoms with van der Waals surface area (Å²) in [6.45, 7) is 0.0723. The number of hydrogen-bond acceptors (Lipinski definition) is 4. The highest BCUT2D eigenvalue weighted by atomic mass is 32.2. The number of nitrogens with one attached hydrogen (secondary N) is 2. The maximum atomic E-state index is 12.1. The first-order chi connectivity index (χ1) is 11.8. The zero-order valence-corrected chi connectivity index (χ0v) is 14.2. The molecule has 0 aliphatic heterocycles. The van der Waals surface area contributed by atoms with E-state index in [-0.39, 0.29) is 30.1 Å². The van der Waals surface area contributed by atoms with Gasteiger partial charge >= 0.3 is 5.97 Å². The SMILES string of the molecule is N=C(N)c1ccc(-c2ccc(S(=O)(=O)NCCCC(=O)O)cc2)cc1. The monoisotopic (exact) mass is 361 g/mol. The fourth-order valence-electron chi connectivity index (χ4n) is 2.20. The van der Waals surface area contributed by atoms with Crippen molar-refractivity contribution >= 4 is 21.8 Å². The van der Waals surface area contributed by atoms with E-state index in [1.807, 2.05) is 12.1 Å². The van der Waals surface area contributed by atoms with Crippen molar-refractivity contribution in [3.05, 3.63) is 54.1 Å². The average molecular weight is 361 g/mol. The van der Waals surface area contributed by atoms with Gasteiger partial charge in [-0.15, -0.1) is 0 Å². The van der Waals surface area contributed by atoms with Gasteiger partial charge in [-0.2, -0.15) is 0 Å². The molecule has 0 amide bonds. The predicted octanol–water partition coefficient (Wildman–Crippen LogP) is 1.78. The quantitative estimate of drug-likeness (QED) is 0.323. The second kappa shape index (κ2) is 7.91. The lowest BCUT2D eigenvalue weighted by Gasteiger charge is -2.08. The van der Waals surface area contributed by atoms with Crippen molar-refractivity contribution in [2.24, 2.45) is 5.73 Å². The number of carbonyl (C=O) groups is 1. The van der Waals surface area contributed by atoms with Gasteiger partial charge in [0.05, 0.1) is 4.90 Å². The number of rotatable bonds is 8. The largest absolute Gasteiger partial charge is 0.481 e. The number of sulfonamides is 1. The second-order valence-corrected chi connectivity index (χ2v) is 7.18. The zero-order valence-electron chi connectivity index (χ0n) is 13.4. The lowest BCUT2D eigenvalue weighted by atomic mass is 10.0. The molecule has 0 aromatic heterocycles. The summed E-state index contributed by atoms with van der Waals surface area (Å²) < 4.78 is 26.7. The van der Waals surface area contributed by atoms with Crippen LogP contribution in [0.15, 0.2) is 53.4 Å². The van der Waals surface area contributed by atoms with E-state index < -0.39 is 16.0 Å². The van der Waals surface area contributed by atoms with Crippen LogP contribution < -0.4 is 10.5 Å². The molecule has 0 atom stereocenters. The van der Waals surface area contributed by atoms with Gasteiger partial charge in [0.15, 0.2) is 0 Å². The Morgan fingerprint density at radius 1 is 1.04 bits per heavy atom. The Hall–Kier alpha value is -2.71. The van der Waals surface area contributed by atoms with Crippen LogP contribution in [0.1, 0.15) is 18.4 Å². The van der Waals surface area contributed by atoms with E-state index in [1.165, 1.54) is 12.1 Å². The third-order valence-corrected chi connectivity index (χ3v) is 5.03. The number of nitrogens with two attached hydrogens (primary N) is 1. The molecule has 2 rings (SSSR count). The molecular formula is C17H19N3O4S. The predicted molar refractivity (Wildman–Crippen MR) is 95.0 cm³/mol. The minimum atomic E-state index is -3.66. The minimum Gasteiger partial charge on any atom is -0.481 e. The van der Waals surface area contributed by atoms with Crippen molar-refractivity contribution in [1.29, 1.82) is 5.41 Å². The van der Waals surface area contributed by atoms with Gasteiger partial charge in [-0.1, -0.05) is 36.4 Å². The van der Waals surface area contributed by atoms with Gasteiger partial charge in [-0.25, -0.2) is 13.1 Å². The Labute approximate surface area is 146 Å². The Morgan fingerprint density at radius 3 is 2.04 bits per heavy atom. The average Bonchev–Trinajstić information content (AvgIpc) is 2.59.